The normalized spacial score (nSPS) is 12.8. The molecule has 0 spiro atoms. The molecule has 0 radical (unpaired) electrons. The van der Waals surface area contributed by atoms with Crippen molar-refractivity contribution >= 4 is 5.78 Å². The number of hydrogen-bond donors (Lipinski definition) is 0. The monoisotopic (exact) mass is 284 g/mol. The lowest BCUT2D eigenvalue weighted by molar-refractivity contribution is 0.0974. The van der Waals surface area contributed by atoms with Gasteiger partial charge in [0.2, 0.25) is 0 Å². The quantitative estimate of drug-likeness (QED) is 0.606. The Morgan fingerprint density at radius 1 is 0.727 bits per heavy atom. The van der Waals surface area contributed by atoms with E-state index in [1.807, 2.05) is 55.5 Å². The highest BCUT2D eigenvalue weighted by molar-refractivity contribution is 6.07. The topological polar surface area (TPSA) is 17.1 Å². The average Bonchev–Trinajstić information content (AvgIpc) is 2.89. The first kappa shape index (κ1) is 13.0. The summed E-state index contributed by atoms with van der Waals surface area (Å²) in [7, 11) is 0. The van der Waals surface area contributed by atoms with Crippen LogP contribution in [0, 0.1) is 6.92 Å². The van der Waals surface area contributed by atoms with Crippen LogP contribution in [0.5, 0.6) is 0 Å². The second-order valence-electron chi connectivity index (χ2n) is 5.79. The van der Waals surface area contributed by atoms with Crippen LogP contribution >= 0.6 is 0 Å². The number of rotatable bonds is 2. The Kier molecular flexibility index (Phi) is 2.93. The SMILES string of the molecule is Cc1ccccc1C(=O)C1c2ccccc2-c2ccccc21. The fourth-order valence-corrected chi connectivity index (χ4v) is 3.44. The Balaban J connectivity index is 1.92. The van der Waals surface area contributed by atoms with Gasteiger partial charge in [-0.25, -0.2) is 0 Å². The van der Waals surface area contributed by atoms with Gasteiger partial charge in [-0.15, -0.1) is 0 Å². The third-order valence-corrected chi connectivity index (χ3v) is 4.51. The van der Waals surface area contributed by atoms with Gasteiger partial charge in [-0.2, -0.15) is 0 Å². The van der Waals surface area contributed by atoms with Crippen LogP contribution in [-0.4, -0.2) is 5.78 Å². The Morgan fingerprint density at radius 3 is 1.82 bits per heavy atom. The van der Waals surface area contributed by atoms with E-state index in [9.17, 15) is 4.79 Å². The highest BCUT2D eigenvalue weighted by Crippen LogP contribution is 2.46. The van der Waals surface area contributed by atoms with Crippen molar-refractivity contribution in [2.45, 2.75) is 12.8 Å². The molecule has 0 saturated carbocycles. The molecule has 0 unspecified atom stereocenters. The summed E-state index contributed by atoms with van der Waals surface area (Å²) in [5, 5.41) is 0. The molecular formula is C21H16O. The highest BCUT2D eigenvalue weighted by atomic mass is 16.1. The lowest BCUT2D eigenvalue weighted by Crippen LogP contribution is -2.13. The molecule has 0 saturated heterocycles. The van der Waals surface area contributed by atoms with Crippen molar-refractivity contribution in [3.63, 3.8) is 0 Å². The van der Waals surface area contributed by atoms with Gasteiger partial charge in [0.25, 0.3) is 0 Å². The molecule has 0 aliphatic heterocycles. The molecule has 4 rings (SSSR count). The van der Waals surface area contributed by atoms with Gasteiger partial charge in [0.15, 0.2) is 5.78 Å². The smallest absolute Gasteiger partial charge is 0.175 e. The Morgan fingerprint density at radius 2 is 1.23 bits per heavy atom. The number of carbonyl (C=O) groups is 1. The van der Waals surface area contributed by atoms with E-state index >= 15 is 0 Å². The summed E-state index contributed by atoms with van der Waals surface area (Å²) in [5.41, 5.74) is 6.47. The molecule has 22 heavy (non-hydrogen) atoms. The van der Waals surface area contributed by atoms with E-state index in [0.29, 0.717) is 0 Å². The van der Waals surface area contributed by atoms with Crippen LogP contribution in [0.25, 0.3) is 11.1 Å². The van der Waals surface area contributed by atoms with Crippen LogP contribution in [0.2, 0.25) is 0 Å². The number of carbonyl (C=O) groups excluding carboxylic acids is 1. The zero-order chi connectivity index (χ0) is 15.1. The minimum absolute atomic E-state index is 0.187. The second kappa shape index (κ2) is 4.96. The number of benzene rings is 3. The van der Waals surface area contributed by atoms with Crippen LogP contribution in [-0.2, 0) is 0 Å². The van der Waals surface area contributed by atoms with Crippen molar-refractivity contribution in [3.05, 3.63) is 95.1 Å². The molecule has 1 aliphatic carbocycles. The van der Waals surface area contributed by atoms with E-state index < -0.39 is 0 Å². The molecule has 1 aliphatic rings. The molecule has 0 bridgehead atoms. The molecule has 0 heterocycles. The third-order valence-electron chi connectivity index (χ3n) is 4.51. The number of hydrogen-bond acceptors (Lipinski definition) is 1. The van der Waals surface area contributed by atoms with Crippen LogP contribution < -0.4 is 0 Å². The van der Waals surface area contributed by atoms with E-state index in [1.165, 1.54) is 11.1 Å². The van der Waals surface area contributed by atoms with Crippen LogP contribution in [0.15, 0.2) is 72.8 Å². The zero-order valence-electron chi connectivity index (χ0n) is 12.4. The first-order chi connectivity index (χ1) is 10.8. The fraction of sp³-hybridized carbons (Fsp3) is 0.0952. The van der Waals surface area contributed by atoms with Gasteiger partial charge in [-0.3, -0.25) is 4.79 Å². The van der Waals surface area contributed by atoms with Crippen molar-refractivity contribution in [1.29, 1.82) is 0 Å². The minimum atomic E-state index is -0.187. The number of fused-ring (bicyclic) bond motifs is 3. The van der Waals surface area contributed by atoms with E-state index in [2.05, 4.69) is 24.3 Å². The first-order valence-corrected chi connectivity index (χ1v) is 7.55. The summed E-state index contributed by atoms with van der Waals surface area (Å²) in [6.07, 6.45) is 0. The molecule has 1 nitrogen and oxygen atoms in total. The predicted octanol–water partition coefficient (Wildman–Crippen LogP) is 4.99. The van der Waals surface area contributed by atoms with Gasteiger partial charge < -0.3 is 0 Å². The first-order valence-electron chi connectivity index (χ1n) is 7.55. The number of Topliss-reactive ketones (excluding diaryl/α,β-unsaturated/α-hetero) is 1. The number of aryl methyl sites for hydroxylation is 1. The largest absolute Gasteiger partial charge is 0.293 e. The van der Waals surface area contributed by atoms with Gasteiger partial charge in [0, 0.05) is 5.56 Å². The third kappa shape index (κ3) is 1.82. The van der Waals surface area contributed by atoms with Gasteiger partial charge in [-0.05, 0) is 34.7 Å². The maximum Gasteiger partial charge on any atom is 0.175 e. The van der Waals surface area contributed by atoms with E-state index in [4.69, 9.17) is 0 Å². The standard InChI is InChI=1S/C21H16O/c1-14-8-2-3-9-15(14)21(22)20-18-12-6-4-10-16(18)17-11-5-7-13-19(17)20/h2-13,20H,1H3. The van der Waals surface area contributed by atoms with Crippen molar-refractivity contribution in [3.8, 4) is 11.1 Å². The lowest BCUT2D eigenvalue weighted by Gasteiger charge is -2.14. The molecule has 3 aromatic rings. The maximum atomic E-state index is 13.2. The van der Waals surface area contributed by atoms with Gasteiger partial charge in [0.1, 0.15) is 0 Å². The Bertz CT molecular complexity index is 831. The van der Waals surface area contributed by atoms with E-state index in [-0.39, 0.29) is 11.7 Å². The molecule has 0 N–H and O–H groups in total. The lowest BCUT2D eigenvalue weighted by atomic mass is 9.87. The predicted molar refractivity (Wildman–Crippen MR) is 89.2 cm³/mol. The highest BCUT2D eigenvalue weighted by Gasteiger charge is 2.34. The molecule has 106 valence electrons. The molecular weight excluding hydrogens is 268 g/mol. The van der Waals surface area contributed by atoms with Gasteiger partial charge in [0.05, 0.1) is 5.92 Å². The fourth-order valence-electron chi connectivity index (χ4n) is 3.44. The summed E-state index contributed by atoms with van der Waals surface area (Å²) < 4.78 is 0. The summed E-state index contributed by atoms with van der Waals surface area (Å²) in [5.74, 6) is 0.00370. The molecule has 0 fully saturated rings. The van der Waals surface area contributed by atoms with Crippen molar-refractivity contribution in [2.75, 3.05) is 0 Å². The van der Waals surface area contributed by atoms with Gasteiger partial charge in [-0.1, -0.05) is 72.8 Å². The molecule has 0 aromatic heterocycles. The summed E-state index contributed by atoms with van der Waals surface area (Å²) in [6.45, 7) is 2.00. The average molecular weight is 284 g/mol. The molecule has 1 heteroatoms. The minimum Gasteiger partial charge on any atom is -0.293 e. The summed E-state index contributed by atoms with van der Waals surface area (Å²) >= 11 is 0. The molecule has 3 aromatic carbocycles. The van der Waals surface area contributed by atoms with Crippen molar-refractivity contribution in [1.82, 2.24) is 0 Å². The van der Waals surface area contributed by atoms with Crippen LogP contribution in [0.1, 0.15) is 33.0 Å². The van der Waals surface area contributed by atoms with Crippen LogP contribution in [0.3, 0.4) is 0 Å². The van der Waals surface area contributed by atoms with Crippen molar-refractivity contribution < 1.29 is 4.79 Å². The van der Waals surface area contributed by atoms with E-state index in [1.54, 1.807) is 0 Å². The summed E-state index contributed by atoms with van der Waals surface area (Å²) in [6, 6.07) is 24.3. The van der Waals surface area contributed by atoms with Crippen LogP contribution in [0.4, 0.5) is 0 Å². The number of ketones is 1. The Hall–Kier alpha value is -2.67. The molecule has 0 atom stereocenters. The summed E-state index contributed by atoms with van der Waals surface area (Å²) in [4.78, 5) is 13.2. The van der Waals surface area contributed by atoms with Crippen molar-refractivity contribution in [2.24, 2.45) is 0 Å². The second-order valence-corrected chi connectivity index (χ2v) is 5.79. The Labute approximate surface area is 130 Å². The zero-order valence-corrected chi connectivity index (χ0v) is 12.4. The maximum absolute atomic E-state index is 13.2. The van der Waals surface area contributed by atoms with Gasteiger partial charge >= 0.3 is 0 Å². The van der Waals surface area contributed by atoms with E-state index in [0.717, 1.165) is 22.3 Å². The molecule has 0 amide bonds.